The standard InChI is InChI=1S/C28H13F3N3S.C14H16GeN.Ir/c29-20-12-11-18(25-24(20)19-14-23(30)33-27(31)26(19)35-25)28-32-21-7-3-4-8-22(21)34(28)17-10-9-15-5-1-2-6-16(15)13-17;1-15(2,3)13-9-10-14(16-11-13)12-7-5-4-6-8-12;/h1-10,12-14H;4-7,9-11H,1-3H3;/q2*-1;. The van der Waals surface area contributed by atoms with Gasteiger partial charge in [-0.05, 0) is 50.5 Å². The summed E-state index contributed by atoms with van der Waals surface area (Å²) in [6.07, 6.45) is 2.04. The Bertz CT molecular complexity index is 2720. The van der Waals surface area contributed by atoms with Crippen LogP contribution in [0.15, 0.2) is 121 Å². The number of hydrogen-bond donors (Lipinski definition) is 0. The van der Waals surface area contributed by atoms with Crippen LogP contribution < -0.4 is 4.40 Å². The largest absolute Gasteiger partial charge is 0 e. The molecule has 0 unspecified atom stereocenters. The summed E-state index contributed by atoms with van der Waals surface area (Å²) in [5, 5.41) is 2.45. The molecule has 4 nitrogen and oxygen atoms in total. The third kappa shape index (κ3) is 6.70. The van der Waals surface area contributed by atoms with Gasteiger partial charge in [-0.2, -0.15) is 25.1 Å². The molecule has 9 aromatic rings. The Morgan fingerprint density at radius 1 is 0.750 bits per heavy atom. The molecule has 0 saturated carbocycles. The van der Waals surface area contributed by atoms with E-state index in [4.69, 9.17) is 4.98 Å². The van der Waals surface area contributed by atoms with Crippen LogP contribution in [0.5, 0.6) is 0 Å². The Hall–Kier alpha value is -4.67. The summed E-state index contributed by atoms with van der Waals surface area (Å²) >= 11 is -0.696. The SMILES string of the molecule is Fc1cc2c(sc3c(-c4nc5ccccc5n4-c4ccc5ccccc5c4)[c-]cc(F)c32)c(F)n1.[CH3][Ge]([CH3])([CH3])[c]1ccc(-c2[c-]cccc2)nc1.[Ir]. The fraction of sp³-hybridized carbons (Fsp3) is 0.0714. The number of fused-ring (bicyclic) bond motifs is 5. The smallest absolute Gasteiger partial charge is 0 e. The maximum atomic E-state index is 15.0. The van der Waals surface area contributed by atoms with Gasteiger partial charge in [0, 0.05) is 37.7 Å². The van der Waals surface area contributed by atoms with Crippen LogP contribution in [0, 0.1) is 29.8 Å². The molecule has 0 saturated heterocycles. The molecule has 0 amide bonds. The number of benzene rings is 5. The Morgan fingerprint density at radius 2 is 1.52 bits per heavy atom. The molecule has 52 heavy (non-hydrogen) atoms. The van der Waals surface area contributed by atoms with Gasteiger partial charge in [0.2, 0.25) is 11.9 Å². The molecule has 0 atom stereocenters. The van der Waals surface area contributed by atoms with Gasteiger partial charge >= 0.3 is 99.8 Å². The summed E-state index contributed by atoms with van der Waals surface area (Å²) in [7, 11) is 0. The van der Waals surface area contributed by atoms with Crippen molar-refractivity contribution in [2.75, 3.05) is 0 Å². The van der Waals surface area contributed by atoms with Crippen molar-refractivity contribution in [3.8, 4) is 28.3 Å². The molecule has 0 fully saturated rings. The van der Waals surface area contributed by atoms with Crippen molar-refractivity contribution in [2.45, 2.75) is 17.3 Å². The first-order valence-corrected chi connectivity index (χ1v) is 24.5. The predicted octanol–water partition coefficient (Wildman–Crippen LogP) is 10.9. The minimum absolute atomic E-state index is 0. The molecule has 0 bridgehead atoms. The number of nitrogens with zero attached hydrogens (tertiary/aromatic N) is 4. The second kappa shape index (κ2) is 14.4. The van der Waals surface area contributed by atoms with Crippen molar-refractivity contribution in [3.05, 3.63) is 151 Å². The molecule has 0 aliphatic carbocycles. The Balaban J connectivity index is 0.000000209. The van der Waals surface area contributed by atoms with Gasteiger partial charge in [-0.25, -0.2) is 0 Å². The molecular weight excluding hydrogens is 914 g/mol. The van der Waals surface area contributed by atoms with E-state index in [9.17, 15) is 13.2 Å². The maximum absolute atomic E-state index is 15.0. The molecule has 0 spiro atoms. The number of imidazole rings is 1. The second-order valence-corrected chi connectivity index (χ2v) is 24.9. The van der Waals surface area contributed by atoms with E-state index < -0.39 is 31.0 Å². The van der Waals surface area contributed by atoms with E-state index in [-0.39, 0.29) is 35.6 Å². The molecule has 5 aromatic carbocycles. The van der Waals surface area contributed by atoms with E-state index in [2.05, 4.69) is 57.6 Å². The Labute approximate surface area is 318 Å². The molecule has 0 N–H and O–H groups in total. The zero-order valence-corrected chi connectivity index (χ0v) is 33.5. The van der Waals surface area contributed by atoms with E-state index in [0.29, 0.717) is 16.1 Å². The van der Waals surface area contributed by atoms with Crippen LogP contribution in [0.1, 0.15) is 0 Å². The summed E-state index contributed by atoms with van der Waals surface area (Å²) in [6, 6.07) is 42.6. The zero-order valence-electron chi connectivity index (χ0n) is 28.2. The maximum Gasteiger partial charge on any atom is 0 e. The summed E-state index contributed by atoms with van der Waals surface area (Å²) in [5.41, 5.74) is 5.07. The molecule has 259 valence electrons. The first kappa shape index (κ1) is 35.7. The van der Waals surface area contributed by atoms with Crippen molar-refractivity contribution in [1.29, 1.82) is 0 Å². The fourth-order valence-corrected chi connectivity index (χ4v) is 9.54. The average molecular weight is 944 g/mol. The fourth-order valence-electron chi connectivity index (χ4n) is 6.20. The zero-order chi connectivity index (χ0) is 35.3. The van der Waals surface area contributed by atoms with Gasteiger partial charge in [0.05, 0.1) is 21.6 Å². The molecule has 0 aliphatic rings. The van der Waals surface area contributed by atoms with Crippen molar-refractivity contribution in [3.63, 3.8) is 0 Å². The van der Waals surface area contributed by atoms with Crippen LogP contribution in [-0.2, 0) is 20.1 Å². The van der Waals surface area contributed by atoms with Crippen molar-refractivity contribution in [2.24, 2.45) is 0 Å². The Kier molecular flexibility index (Phi) is 9.89. The normalized spacial score (nSPS) is 11.5. The summed E-state index contributed by atoms with van der Waals surface area (Å²) in [5.74, 6) is 5.11. The number of hydrogen-bond acceptors (Lipinski definition) is 4. The molecule has 9 rings (SSSR count). The second-order valence-electron chi connectivity index (χ2n) is 13.2. The minimum Gasteiger partial charge on any atom is 0 e. The van der Waals surface area contributed by atoms with Gasteiger partial charge < -0.3 is 4.57 Å². The van der Waals surface area contributed by atoms with E-state index in [1.807, 2.05) is 95.7 Å². The quantitative estimate of drug-likeness (QED) is 0.100. The topological polar surface area (TPSA) is 43.6 Å². The van der Waals surface area contributed by atoms with Crippen LogP contribution >= 0.6 is 11.3 Å². The average Bonchev–Trinajstić information content (AvgIpc) is 3.72. The summed E-state index contributed by atoms with van der Waals surface area (Å²) in [6.45, 7) is 0. The predicted molar refractivity (Wildman–Crippen MR) is 205 cm³/mol. The number of halogens is 3. The van der Waals surface area contributed by atoms with Gasteiger partial charge in [-0.3, -0.25) is 9.37 Å². The Morgan fingerprint density at radius 3 is 2.27 bits per heavy atom. The van der Waals surface area contributed by atoms with Gasteiger partial charge in [0.1, 0.15) is 0 Å². The van der Waals surface area contributed by atoms with Crippen LogP contribution in [-0.4, -0.2) is 32.8 Å². The third-order valence-electron chi connectivity index (χ3n) is 8.80. The van der Waals surface area contributed by atoms with E-state index >= 15 is 0 Å². The summed E-state index contributed by atoms with van der Waals surface area (Å²) < 4.78 is 47.4. The van der Waals surface area contributed by atoms with Crippen LogP contribution in [0.25, 0.3) is 70.3 Å². The minimum atomic E-state index is -1.72. The molecule has 4 aromatic heterocycles. The third-order valence-corrected chi connectivity index (χ3v) is 14.3. The van der Waals surface area contributed by atoms with E-state index in [0.717, 1.165) is 56.2 Å². The molecule has 1 radical (unpaired) electrons. The van der Waals surface area contributed by atoms with Gasteiger partial charge in [-0.15, -0.1) is 12.1 Å². The van der Waals surface area contributed by atoms with Crippen molar-refractivity contribution in [1.82, 2.24) is 19.5 Å². The number of pyridine rings is 2. The van der Waals surface area contributed by atoms with Gasteiger partial charge in [-0.1, -0.05) is 48.0 Å². The van der Waals surface area contributed by atoms with E-state index in [1.54, 1.807) is 0 Å². The first-order valence-electron chi connectivity index (χ1n) is 16.3. The number of aromatic nitrogens is 4. The summed E-state index contributed by atoms with van der Waals surface area (Å²) in [4.78, 5) is 12.7. The van der Waals surface area contributed by atoms with Crippen molar-refractivity contribution < 1.29 is 33.3 Å². The first-order chi connectivity index (χ1) is 24.7. The monoisotopic (exact) mass is 945 g/mol. The van der Waals surface area contributed by atoms with Gasteiger partial charge in [0.15, 0.2) is 0 Å². The van der Waals surface area contributed by atoms with Crippen LogP contribution in [0.4, 0.5) is 13.2 Å². The van der Waals surface area contributed by atoms with Crippen LogP contribution in [0.3, 0.4) is 0 Å². The van der Waals surface area contributed by atoms with Gasteiger partial charge in [0.25, 0.3) is 0 Å². The van der Waals surface area contributed by atoms with E-state index in [1.165, 1.54) is 10.5 Å². The number of rotatable bonds is 4. The number of para-hydroxylation sites is 2. The van der Waals surface area contributed by atoms with Crippen LogP contribution in [0.2, 0.25) is 17.3 Å². The van der Waals surface area contributed by atoms with Crippen molar-refractivity contribution >= 4 is 71.0 Å². The molecular formula is C42H29F3GeIrN4S-2. The molecule has 4 heterocycles. The number of thiophene rings is 1. The molecule has 10 heteroatoms. The molecule has 0 aliphatic heterocycles.